The molecule has 18 heavy (non-hydrogen) atoms. The molecule has 6 heteroatoms. The zero-order valence-corrected chi connectivity index (χ0v) is 9.66. The third-order valence-corrected chi connectivity index (χ3v) is 2.42. The summed E-state index contributed by atoms with van der Waals surface area (Å²) in [6.07, 6.45) is 0. The Morgan fingerprint density at radius 3 is 2.56 bits per heavy atom. The van der Waals surface area contributed by atoms with Gasteiger partial charge in [0.05, 0.1) is 13.2 Å². The monoisotopic (exact) mass is 239 g/mol. The van der Waals surface area contributed by atoms with Gasteiger partial charge >= 0.3 is 0 Å². The second-order valence-corrected chi connectivity index (χ2v) is 3.44. The van der Waals surface area contributed by atoms with E-state index in [1.165, 1.54) is 4.68 Å². The molecule has 0 saturated heterocycles. The molecule has 0 saturated carbocycles. The van der Waals surface area contributed by atoms with Crippen molar-refractivity contribution >= 4 is 0 Å². The van der Waals surface area contributed by atoms with Gasteiger partial charge < -0.3 is 4.74 Å². The van der Waals surface area contributed by atoms with Crippen LogP contribution in [0.4, 0.5) is 0 Å². The Labute approximate surface area is 104 Å². The van der Waals surface area contributed by atoms with Gasteiger partial charge in [-0.3, -0.25) is 0 Å². The highest BCUT2D eigenvalue weighted by Gasteiger charge is 2.14. The van der Waals surface area contributed by atoms with Crippen LogP contribution < -0.4 is 4.74 Å². The Bertz CT molecular complexity index is 630. The van der Waals surface area contributed by atoms with E-state index < -0.39 is 0 Å². The molecule has 0 aliphatic carbocycles. The largest absolute Gasteiger partial charge is 0.497 e. The van der Waals surface area contributed by atoms with E-state index in [2.05, 4.69) is 10.3 Å². The van der Waals surface area contributed by atoms with E-state index in [1.54, 1.807) is 31.4 Å². The van der Waals surface area contributed by atoms with Gasteiger partial charge in [0.1, 0.15) is 24.1 Å². The zero-order valence-electron chi connectivity index (χ0n) is 9.66. The van der Waals surface area contributed by atoms with Gasteiger partial charge in [0, 0.05) is 5.56 Å². The van der Waals surface area contributed by atoms with Crippen LogP contribution in [0, 0.1) is 22.7 Å². The number of hydrogen-bond acceptors (Lipinski definition) is 5. The highest BCUT2D eigenvalue weighted by atomic mass is 16.5. The molecular weight excluding hydrogens is 230 g/mol. The van der Waals surface area contributed by atoms with Gasteiger partial charge in [0.25, 0.3) is 0 Å². The number of rotatable bonds is 3. The minimum absolute atomic E-state index is 0.0516. The molecule has 0 aliphatic heterocycles. The summed E-state index contributed by atoms with van der Waals surface area (Å²) in [5.74, 6) is 0.719. The van der Waals surface area contributed by atoms with E-state index in [9.17, 15) is 0 Å². The number of methoxy groups -OCH3 is 1. The molecule has 1 aromatic carbocycles. The summed E-state index contributed by atoms with van der Waals surface area (Å²) in [5, 5.41) is 25.2. The van der Waals surface area contributed by atoms with Crippen LogP contribution in [0.25, 0.3) is 11.3 Å². The highest BCUT2D eigenvalue weighted by Crippen LogP contribution is 2.24. The molecule has 1 aromatic heterocycles. The van der Waals surface area contributed by atoms with Crippen molar-refractivity contribution in [3.8, 4) is 29.1 Å². The van der Waals surface area contributed by atoms with Gasteiger partial charge in [0.2, 0.25) is 0 Å². The van der Waals surface area contributed by atoms with Crippen molar-refractivity contribution in [2.45, 2.75) is 6.54 Å². The summed E-state index contributed by atoms with van der Waals surface area (Å²) >= 11 is 0. The van der Waals surface area contributed by atoms with Crippen LogP contribution in [0.2, 0.25) is 0 Å². The number of nitrogens with zero attached hydrogens (tertiary/aromatic N) is 5. The first-order valence-corrected chi connectivity index (χ1v) is 5.15. The second-order valence-electron chi connectivity index (χ2n) is 3.44. The Balaban J connectivity index is 2.51. The Morgan fingerprint density at radius 1 is 1.28 bits per heavy atom. The molecule has 0 atom stereocenters. The van der Waals surface area contributed by atoms with E-state index in [1.807, 2.05) is 12.1 Å². The average molecular weight is 239 g/mol. The fourth-order valence-corrected chi connectivity index (χ4v) is 1.60. The molecule has 2 aromatic rings. The van der Waals surface area contributed by atoms with Crippen molar-refractivity contribution in [3.05, 3.63) is 30.0 Å². The molecule has 2 rings (SSSR count). The fraction of sp³-hybridized carbons (Fsp3) is 0.167. The van der Waals surface area contributed by atoms with Crippen LogP contribution >= 0.6 is 0 Å². The molecule has 0 spiro atoms. The van der Waals surface area contributed by atoms with Gasteiger partial charge in [-0.05, 0) is 24.3 Å². The van der Waals surface area contributed by atoms with Crippen LogP contribution in [-0.2, 0) is 6.54 Å². The zero-order chi connectivity index (χ0) is 13.0. The van der Waals surface area contributed by atoms with Gasteiger partial charge in [-0.15, -0.1) is 5.10 Å². The molecule has 0 bridgehead atoms. The van der Waals surface area contributed by atoms with E-state index >= 15 is 0 Å². The van der Waals surface area contributed by atoms with Crippen molar-refractivity contribution in [2.75, 3.05) is 7.11 Å². The van der Waals surface area contributed by atoms with Crippen molar-refractivity contribution in [1.82, 2.24) is 15.0 Å². The highest BCUT2D eigenvalue weighted by molar-refractivity contribution is 5.65. The standard InChI is InChI=1S/C12H9N5O/c1-18-10-4-2-9(3-5-10)12-11(8-14)15-16-17(12)7-6-13/h2-5H,7H2,1H3. The van der Waals surface area contributed by atoms with E-state index in [-0.39, 0.29) is 12.2 Å². The lowest BCUT2D eigenvalue weighted by Gasteiger charge is -2.04. The summed E-state index contributed by atoms with van der Waals surface area (Å²) < 4.78 is 6.47. The topological polar surface area (TPSA) is 87.5 Å². The lowest BCUT2D eigenvalue weighted by atomic mass is 10.1. The minimum atomic E-state index is 0.0516. The average Bonchev–Trinajstić information content (AvgIpc) is 2.82. The lowest BCUT2D eigenvalue weighted by molar-refractivity contribution is 0.415. The minimum Gasteiger partial charge on any atom is -0.497 e. The first kappa shape index (κ1) is 11.6. The third-order valence-electron chi connectivity index (χ3n) is 2.42. The van der Waals surface area contributed by atoms with E-state index in [0.717, 1.165) is 11.3 Å². The maximum Gasteiger partial charge on any atom is 0.190 e. The summed E-state index contributed by atoms with van der Waals surface area (Å²) in [7, 11) is 1.58. The van der Waals surface area contributed by atoms with Gasteiger partial charge in [0.15, 0.2) is 5.69 Å². The Morgan fingerprint density at radius 2 is 2.00 bits per heavy atom. The smallest absolute Gasteiger partial charge is 0.190 e. The first-order valence-electron chi connectivity index (χ1n) is 5.15. The SMILES string of the molecule is COc1ccc(-c2c(C#N)nnn2CC#N)cc1. The van der Waals surface area contributed by atoms with Gasteiger partial charge in [-0.25, -0.2) is 4.68 Å². The van der Waals surface area contributed by atoms with Gasteiger partial charge in [-0.1, -0.05) is 5.21 Å². The first-order chi connectivity index (χ1) is 8.80. The van der Waals surface area contributed by atoms with Crippen LogP contribution in [0.15, 0.2) is 24.3 Å². The van der Waals surface area contributed by atoms with E-state index in [0.29, 0.717) is 5.69 Å². The number of ether oxygens (including phenoxy) is 1. The molecule has 0 radical (unpaired) electrons. The van der Waals surface area contributed by atoms with E-state index in [4.69, 9.17) is 15.3 Å². The molecule has 0 aliphatic rings. The molecule has 0 amide bonds. The summed E-state index contributed by atoms with van der Waals surface area (Å²) in [6, 6.07) is 11.1. The molecule has 6 nitrogen and oxygen atoms in total. The molecule has 0 unspecified atom stereocenters. The summed E-state index contributed by atoms with van der Waals surface area (Å²) in [4.78, 5) is 0. The van der Waals surface area contributed by atoms with Crippen molar-refractivity contribution < 1.29 is 4.74 Å². The molecule has 0 N–H and O–H groups in total. The van der Waals surface area contributed by atoms with Crippen molar-refractivity contribution in [1.29, 1.82) is 10.5 Å². The summed E-state index contributed by atoms with van der Waals surface area (Å²) in [6.45, 7) is 0.0516. The van der Waals surface area contributed by atoms with Gasteiger partial charge in [-0.2, -0.15) is 10.5 Å². The normalized spacial score (nSPS) is 9.50. The lowest BCUT2D eigenvalue weighted by Crippen LogP contribution is -2.01. The number of nitriles is 2. The van der Waals surface area contributed by atoms with Crippen molar-refractivity contribution in [2.24, 2.45) is 0 Å². The van der Waals surface area contributed by atoms with Crippen LogP contribution in [0.5, 0.6) is 5.75 Å². The number of hydrogen-bond donors (Lipinski definition) is 0. The third kappa shape index (κ3) is 2.00. The number of benzene rings is 1. The molecule has 0 fully saturated rings. The van der Waals surface area contributed by atoms with Crippen LogP contribution in [-0.4, -0.2) is 22.1 Å². The quantitative estimate of drug-likeness (QED) is 0.806. The fourth-order valence-electron chi connectivity index (χ4n) is 1.60. The number of aromatic nitrogens is 3. The Hall–Kier alpha value is -2.86. The Kier molecular flexibility index (Phi) is 3.22. The molecule has 1 heterocycles. The molecular formula is C12H9N5O. The van der Waals surface area contributed by atoms with Crippen LogP contribution in [0.1, 0.15) is 5.69 Å². The predicted octanol–water partition coefficient (Wildman–Crippen LogP) is 1.35. The maximum absolute atomic E-state index is 8.99. The van der Waals surface area contributed by atoms with Crippen molar-refractivity contribution in [3.63, 3.8) is 0 Å². The molecule has 88 valence electrons. The summed E-state index contributed by atoms with van der Waals surface area (Å²) in [5.41, 5.74) is 1.52. The maximum atomic E-state index is 8.99. The second kappa shape index (κ2) is 4.98. The van der Waals surface area contributed by atoms with Crippen LogP contribution in [0.3, 0.4) is 0 Å². The predicted molar refractivity (Wildman–Crippen MR) is 62.3 cm³/mol.